The number of nitrogens with two attached hydrogens (primary N) is 1. The fourth-order valence-corrected chi connectivity index (χ4v) is 5.22. The van der Waals surface area contributed by atoms with Gasteiger partial charge in [-0.2, -0.15) is 5.10 Å². The molecule has 0 aliphatic carbocycles. The van der Waals surface area contributed by atoms with Gasteiger partial charge in [0, 0.05) is 6.54 Å². The summed E-state index contributed by atoms with van der Waals surface area (Å²) in [7, 11) is -2.35. The summed E-state index contributed by atoms with van der Waals surface area (Å²) in [6.45, 7) is 18.6. The Morgan fingerprint density at radius 1 is 1.15 bits per heavy atom. The molecule has 1 aromatic heterocycles. The number of carbonyl (C=O) groups excluding carboxylic acids is 3. The number of primary amides is 1. The molecule has 0 bridgehead atoms. The van der Waals surface area contributed by atoms with Gasteiger partial charge in [0.05, 0.1) is 42.6 Å². The van der Waals surface area contributed by atoms with Gasteiger partial charge in [-0.1, -0.05) is 20.8 Å². The Morgan fingerprint density at radius 3 is 2.29 bits per heavy atom. The van der Waals surface area contributed by atoms with Crippen LogP contribution in [-0.2, 0) is 31.8 Å². The second kappa shape index (κ2) is 8.67. The molecule has 10 nitrogen and oxygen atoms in total. The first-order chi connectivity index (χ1) is 15.4. The lowest BCUT2D eigenvalue weighted by molar-refractivity contribution is -0.130. The Hall–Kier alpha value is -2.40. The van der Waals surface area contributed by atoms with E-state index in [4.69, 9.17) is 14.9 Å². The molecule has 3 rings (SSSR count). The smallest absolute Gasteiger partial charge is 0.410 e. The molecule has 3 atom stereocenters. The highest BCUT2D eigenvalue weighted by Crippen LogP contribution is 2.40. The number of nitrogens with zero attached hydrogens (tertiary/aromatic N) is 4. The molecule has 2 aliphatic heterocycles. The SMILES string of the molecule is C[C@H]1Cn2ncc(N3CC(C(N)=O)C(O[Si](C)(C)C(C)(C)C)C3=O)c2CN1C(=O)OC(C)(C)C. The predicted molar refractivity (Wildman–Crippen MR) is 131 cm³/mol. The minimum atomic E-state index is -2.35. The standard InChI is InChI=1S/C23H39N5O5Si/c1-14-11-28-17(13-26(14)21(31)32-22(2,3)4)16(10-25-28)27-12-15(19(24)29)18(20(27)30)33-34(8,9)23(5,6)7/h10,14-15,18H,11-13H2,1-9H3,(H2,24,29)/t14-,15?,18?/m0/s1. The summed E-state index contributed by atoms with van der Waals surface area (Å²) >= 11 is 0. The molecule has 1 aromatic rings. The molecule has 11 heteroatoms. The zero-order chi connectivity index (χ0) is 25.8. The molecule has 0 radical (unpaired) electrons. The molecule has 2 unspecified atom stereocenters. The van der Waals surface area contributed by atoms with Crippen molar-refractivity contribution in [3.63, 3.8) is 0 Å². The molecule has 1 saturated heterocycles. The maximum absolute atomic E-state index is 13.5. The number of amides is 3. The van der Waals surface area contributed by atoms with E-state index in [1.165, 1.54) is 4.90 Å². The van der Waals surface area contributed by atoms with Crippen LogP contribution in [-0.4, -0.2) is 65.2 Å². The van der Waals surface area contributed by atoms with Gasteiger partial charge in [0.2, 0.25) is 5.91 Å². The molecule has 3 amide bonds. The van der Waals surface area contributed by atoms with Crippen LogP contribution in [0.25, 0.3) is 0 Å². The molecule has 2 N–H and O–H groups in total. The molecule has 190 valence electrons. The first-order valence-corrected chi connectivity index (χ1v) is 14.7. The number of rotatable bonds is 4. The highest BCUT2D eigenvalue weighted by Gasteiger charge is 2.51. The number of ether oxygens (including phenoxy) is 1. The molecule has 0 spiro atoms. The number of carbonyl (C=O) groups is 3. The Bertz CT molecular complexity index is 977. The predicted octanol–water partition coefficient (Wildman–Crippen LogP) is 2.86. The van der Waals surface area contributed by atoms with Crippen molar-refractivity contribution >= 4 is 31.9 Å². The molecule has 2 aliphatic rings. The Labute approximate surface area is 202 Å². The van der Waals surface area contributed by atoms with Crippen molar-refractivity contribution in [1.82, 2.24) is 14.7 Å². The fourth-order valence-electron chi connectivity index (χ4n) is 3.97. The van der Waals surface area contributed by atoms with Gasteiger partial charge >= 0.3 is 6.09 Å². The quantitative estimate of drug-likeness (QED) is 0.644. The van der Waals surface area contributed by atoms with Crippen molar-refractivity contribution in [1.29, 1.82) is 0 Å². The van der Waals surface area contributed by atoms with E-state index in [0.29, 0.717) is 17.9 Å². The van der Waals surface area contributed by atoms with Crippen LogP contribution in [0.3, 0.4) is 0 Å². The van der Waals surface area contributed by atoms with Gasteiger partial charge in [-0.15, -0.1) is 0 Å². The number of fused-ring (bicyclic) bond motifs is 1. The van der Waals surface area contributed by atoms with Gasteiger partial charge in [0.1, 0.15) is 11.7 Å². The summed E-state index contributed by atoms with van der Waals surface area (Å²) < 4.78 is 13.8. The number of aromatic nitrogens is 2. The van der Waals surface area contributed by atoms with Crippen LogP contribution in [0.1, 0.15) is 54.2 Å². The zero-order valence-electron chi connectivity index (χ0n) is 21.8. The highest BCUT2D eigenvalue weighted by atomic mass is 28.4. The lowest BCUT2D eigenvalue weighted by atomic mass is 10.1. The van der Waals surface area contributed by atoms with E-state index in [1.54, 1.807) is 15.8 Å². The van der Waals surface area contributed by atoms with Gasteiger partial charge < -0.3 is 19.8 Å². The number of hydrogen-bond acceptors (Lipinski definition) is 6. The first-order valence-electron chi connectivity index (χ1n) is 11.8. The summed E-state index contributed by atoms with van der Waals surface area (Å²) in [5, 5.41) is 4.32. The summed E-state index contributed by atoms with van der Waals surface area (Å²) in [5.74, 6) is -1.63. The molecule has 1 fully saturated rings. The summed E-state index contributed by atoms with van der Waals surface area (Å²) in [6.07, 6.45) is 0.268. The molecular weight excluding hydrogens is 454 g/mol. The van der Waals surface area contributed by atoms with Crippen molar-refractivity contribution in [3.8, 4) is 0 Å². The summed E-state index contributed by atoms with van der Waals surface area (Å²) in [4.78, 5) is 41.8. The van der Waals surface area contributed by atoms with Crippen LogP contribution in [0.2, 0.25) is 18.1 Å². The van der Waals surface area contributed by atoms with Crippen LogP contribution < -0.4 is 10.6 Å². The van der Waals surface area contributed by atoms with Crippen LogP contribution in [0.4, 0.5) is 10.5 Å². The monoisotopic (exact) mass is 493 g/mol. The van der Waals surface area contributed by atoms with E-state index in [1.807, 2.05) is 40.8 Å². The first kappa shape index (κ1) is 26.2. The van der Waals surface area contributed by atoms with Crippen LogP contribution >= 0.6 is 0 Å². The van der Waals surface area contributed by atoms with Gasteiger partial charge in [-0.25, -0.2) is 4.79 Å². The minimum absolute atomic E-state index is 0.119. The Kier molecular flexibility index (Phi) is 6.68. The Balaban J connectivity index is 1.90. The highest BCUT2D eigenvalue weighted by molar-refractivity contribution is 6.74. The van der Waals surface area contributed by atoms with Crippen molar-refractivity contribution in [3.05, 3.63) is 11.9 Å². The second-order valence-corrected chi connectivity index (χ2v) is 16.6. The normalized spacial score (nSPS) is 23.8. The van der Waals surface area contributed by atoms with Crippen molar-refractivity contribution in [2.45, 2.75) is 97.4 Å². The molecular formula is C23H39N5O5Si. The van der Waals surface area contributed by atoms with E-state index in [9.17, 15) is 14.4 Å². The third kappa shape index (κ3) is 5.00. The molecule has 3 heterocycles. The summed E-state index contributed by atoms with van der Waals surface area (Å²) in [5.41, 5.74) is 6.36. The molecule has 0 saturated carbocycles. The topological polar surface area (TPSA) is 120 Å². The number of hydrogen-bond donors (Lipinski definition) is 1. The molecule has 0 aromatic carbocycles. The van der Waals surface area contributed by atoms with E-state index in [0.717, 1.165) is 0 Å². The maximum atomic E-state index is 13.5. The van der Waals surface area contributed by atoms with E-state index in [-0.39, 0.29) is 30.1 Å². The van der Waals surface area contributed by atoms with E-state index in [2.05, 4.69) is 25.9 Å². The third-order valence-electron chi connectivity index (χ3n) is 6.98. The largest absolute Gasteiger partial charge is 0.444 e. The molecule has 34 heavy (non-hydrogen) atoms. The minimum Gasteiger partial charge on any atom is -0.444 e. The second-order valence-electron chi connectivity index (χ2n) is 11.9. The average Bonchev–Trinajstić information content (AvgIpc) is 3.19. The average molecular weight is 494 g/mol. The fraction of sp³-hybridized carbons (Fsp3) is 0.739. The van der Waals surface area contributed by atoms with Gasteiger partial charge in [0.15, 0.2) is 8.32 Å². The van der Waals surface area contributed by atoms with Gasteiger partial charge in [0.25, 0.3) is 5.91 Å². The maximum Gasteiger partial charge on any atom is 0.410 e. The van der Waals surface area contributed by atoms with Crippen LogP contribution in [0.15, 0.2) is 6.20 Å². The summed E-state index contributed by atoms with van der Waals surface area (Å²) in [6, 6.07) is -0.127. The van der Waals surface area contributed by atoms with Crippen molar-refractivity contribution in [2.75, 3.05) is 11.4 Å². The lowest BCUT2D eigenvalue weighted by Gasteiger charge is -2.38. The van der Waals surface area contributed by atoms with E-state index >= 15 is 0 Å². The van der Waals surface area contributed by atoms with Crippen LogP contribution in [0, 0.1) is 5.92 Å². The third-order valence-corrected chi connectivity index (χ3v) is 11.4. The van der Waals surface area contributed by atoms with Crippen LogP contribution in [0.5, 0.6) is 0 Å². The number of anilines is 1. The van der Waals surface area contributed by atoms with E-state index < -0.39 is 37.9 Å². The van der Waals surface area contributed by atoms with Gasteiger partial charge in [-0.05, 0) is 45.8 Å². The van der Waals surface area contributed by atoms with Crippen molar-refractivity contribution in [2.24, 2.45) is 11.7 Å². The Morgan fingerprint density at radius 2 is 1.76 bits per heavy atom. The van der Waals surface area contributed by atoms with Gasteiger partial charge in [-0.3, -0.25) is 19.2 Å². The van der Waals surface area contributed by atoms with Crippen molar-refractivity contribution < 1.29 is 23.5 Å². The lowest BCUT2D eigenvalue weighted by Crippen LogP contribution is -2.49. The zero-order valence-corrected chi connectivity index (χ0v) is 22.8.